The van der Waals surface area contributed by atoms with Gasteiger partial charge < -0.3 is 10.1 Å². The molecule has 1 aliphatic rings. The Morgan fingerprint density at radius 3 is 3.06 bits per heavy atom. The van der Waals surface area contributed by atoms with Crippen LogP contribution in [0.3, 0.4) is 0 Å². The summed E-state index contributed by atoms with van der Waals surface area (Å²) in [6.07, 6.45) is 6.79. The van der Waals surface area contributed by atoms with E-state index in [4.69, 9.17) is 4.74 Å². The normalized spacial score (nSPS) is 20.4. The lowest BCUT2D eigenvalue weighted by molar-refractivity contribution is 0.399. The molecule has 3 heteroatoms. The van der Waals surface area contributed by atoms with Gasteiger partial charge in [0.1, 0.15) is 11.6 Å². The van der Waals surface area contributed by atoms with Gasteiger partial charge in [-0.25, -0.2) is 4.39 Å². The molecule has 1 fully saturated rings. The molecule has 1 unspecified atom stereocenters. The van der Waals surface area contributed by atoms with Gasteiger partial charge in [0, 0.05) is 11.6 Å². The van der Waals surface area contributed by atoms with Gasteiger partial charge in [-0.05, 0) is 44.4 Å². The smallest absolute Gasteiger partial charge is 0.130 e. The van der Waals surface area contributed by atoms with Crippen molar-refractivity contribution in [2.45, 2.75) is 44.6 Å². The van der Waals surface area contributed by atoms with Gasteiger partial charge >= 0.3 is 0 Å². The first-order valence-electron chi connectivity index (χ1n) is 6.86. The Kier molecular flexibility index (Phi) is 5.00. The van der Waals surface area contributed by atoms with Crippen LogP contribution in [0.5, 0.6) is 5.75 Å². The second-order valence-corrected chi connectivity index (χ2v) is 4.96. The predicted octanol–water partition coefficient (Wildman–Crippen LogP) is 3.30. The fourth-order valence-corrected chi connectivity index (χ4v) is 2.64. The van der Waals surface area contributed by atoms with E-state index in [0.29, 0.717) is 17.4 Å². The Morgan fingerprint density at radius 1 is 1.33 bits per heavy atom. The highest BCUT2D eigenvalue weighted by atomic mass is 19.1. The maximum absolute atomic E-state index is 13.8. The number of hydrogen-bond acceptors (Lipinski definition) is 2. The number of ether oxygens (including phenoxy) is 1. The zero-order valence-electron chi connectivity index (χ0n) is 11.0. The summed E-state index contributed by atoms with van der Waals surface area (Å²) in [7, 11) is 1.60. The standard InChI is InChI=1S/C15H22FNO/c1-18-15-8-5-7-14(16)13(15)10-9-12-6-3-2-4-11-17-12/h5,7-8,12,17H,2-4,6,9-11H2,1H3. The first kappa shape index (κ1) is 13.3. The van der Waals surface area contributed by atoms with Crippen LogP contribution in [-0.4, -0.2) is 19.7 Å². The minimum atomic E-state index is -0.150. The minimum Gasteiger partial charge on any atom is -0.496 e. The van der Waals surface area contributed by atoms with E-state index < -0.39 is 0 Å². The molecule has 0 saturated carbocycles. The topological polar surface area (TPSA) is 21.3 Å². The minimum absolute atomic E-state index is 0.150. The van der Waals surface area contributed by atoms with Gasteiger partial charge in [-0.3, -0.25) is 0 Å². The molecule has 1 aliphatic heterocycles. The highest BCUT2D eigenvalue weighted by Gasteiger charge is 2.14. The molecule has 0 aromatic heterocycles. The summed E-state index contributed by atoms with van der Waals surface area (Å²) in [5.41, 5.74) is 0.714. The third-order valence-electron chi connectivity index (χ3n) is 3.70. The molecule has 1 N–H and O–H groups in total. The van der Waals surface area contributed by atoms with Crippen LogP contribution in [0.25, 0.3) is 0 Å². The lowest BCUT2D eigenvalue weighted by Crippen LogP contribution is -2.28. The van der Waals surface area contributed by atoms with E-state index in [1.54, 1.807) is 13.2 Å². The largest absolute Gasteiger partial charge is 0.496 e. The Labute approximate surface area is 109 Å². The molecule has 1 aromatic rings. The summed E-state index contributed by atoms with van der Waals surface area (Å²) in [5.74, 6) is 0.520. The van der Waals surface area contributed by atoms with Gasteiger partial charge in [0.2, 0.25) is 0 Å². The molecule has 1 aromatic carbocycles. The number of nitrogens with one attached hydrogen (secondary N) is 1. The number of rotatable bonds is 4. The number of halogens is 1. The molecule has 100 valence electrons. The molecule has 0 spiro atoms. The number of benzene rings is 1. The van der Waals surface area contributed by atoms with Crippen LogP contribution in [0.4, 0.5) is 4.39 Å². The Balaban J connectivity index is 1.96. The van der Waals surface area contributed by atoms with Gasteiger partial charge in [-0.15, -0.1) is 0 Å². The zero-order chi connectivity index (χ0) is 12.8. The fraction of sp³-hybridized carbons (Fsp3) is 0.600. The molecule has 2 rings (SSSR count). The molecule has 18 heavy (non-hydrogen) atoms. The van der Waals surface area contributed by atoms with Crippen LogP contribution in [0.1, 0.15) is 37.7 Å². The third kappa shape index (κ3) is 3.45. The Morgan fingerprint density at radius 2 is 2.22 bits per heavy atom. The SMILES string of the molecule is COc1cccc(F)c1CCC1CCCCCN1. The molecule has 1 atom stereocenters. The van der Waals surface area contributed by atoms with E-state index in [9.17, 15) is 4.39 Å². The monoisotopic (exact) mass is 251 g/mol. The van der Waals surface area contributed by atoms with Crippen LogP contribution in [-0.2, 0) is 6.42 Å². The lowest BCUT2D eigenvalue weighted by atomic mass is 10.0. The van der Waals surface area contributed by atoms with E-state index >= 15 is 0 Å². The molecule has 0 radical (unpaired) electrons. The molecule has 0 bridgehead atoms. The van der Waals surface area contributed by atoms with Crippen LogP contribution >= 0.6 is 0 Å². The van der Waals surface area contributed by atoms with Crippen molar-refractivity contribution in [1.82, 2.24) is 5.32 Å². The molecule has 1 saturated heterocycles. The maximum atomic E-state index is 13.8. The summed E-state index contributed by atoms with van der Waals surface area (Å²) in [6, 6.07) is 5.57. The quantitative estimate of drug-likeness (QED) is 0.886. The van der Waals surface area contributed by atoms with E-state index in [1.807, 2.05) is 6.07 Å². The second-order valence-electron chi connectivity index (χ2n) is 4.96. The van der Waals surface area contributed by atoms with Crippen LogP contribution in [0, 0.1) is 5.82 Å². The highest BCUT2D eigenvalue weighted by Crippen LogP contribution is 2.24. The van der Waals surface area contributed by atoms with E-state index in [-0.39, 0.29) is 5.82 Å². The molecule has 1 heterocycles. The average Bonchev–Trinajstić information content (AvgIpc) is 2.65. The van der Waals surface area contributed by atoms with Gasteiger partial charge in [0.15, 0.2) is 0 Å². The molecule has 0 amide bonds. The lowest BCUT2D eigenvalue weighted by Gasteiger charge is -2.16. The Hall–Kier alpha value is -1.09. The van der Waals surface area contributed by atoms with Gasteiger partial charge in [0.05, 0.1) is 7.11 Å². The zero-order valence-corrected chi connectivity index (χ0v) is 11.0. The maximum Gasteiger partial charge on any atom is 0.130 e. The van der Waals surface area contributed by atoms with Crippen molar-refractivity contribution in [3.8, 4) is 5.75 Å². The predicted molar refractivity (Wildman–Crippen MR) is 71.5 cm³/mol. The summed E-state index contributed by atoms with van der Waals surface area (Å²) < 4.78 is 19.0. The molecular weight excluding hydrogens is 229 g/mol. The van der Waals surface area contributed by atoms with Crippen molar-refractivity contribution in [2.75, 3.05) is 13.7 Å². The first-order chi connectivity index (χ1) is 8.81. The van der Waals surface area contributed by atoms with Crippen molar-refractivity contribution in [1.29, 1.82) is 0 Å². The number of methoxy groups -OCH3 is 1. The van der Waals surface area contributed by atoms with Gasteiger partial charge in [-0.1, -0.05) is 18.9 Å². The highest BCUT2D eigenvalue weighted by molar-refractivity contribution is 5.34. The third-order valence-corrected chi connectivity index (χ3v) is 3.70. The molecule has 2 nitrogen and oxygen atoms in total. The average molecular weight is 251 g/mol. The summed E-state index contributed by atoms with van der Waals surface area (Å²) >= 11 is 0. The molecular formula is C15H22FNO. The fourth-order valence-electron chi connectivity index (χ4n) is 2.64. The van der Waals surface area contributed by atoms with Crippen LogP contribution in [0.15, 0.2) is 18.2 Å². The van der Waals surface area contributed by atoms with Crippen molar-refractivity contribution in [3.63, 3.8) is 0 Å². The molecule has 0 aliphatic carbocycles. The van der Waals surface area contributed by atoms with Crippen molar-refractivity contribution >= 4 is 0 Å². The van der Waals surface area contributed by atoms with Crippen molar-refractivity contribution < 1.29 is 9.13 Å². The van der Waals surface area contributed by atoms with Gasteiger partial charge in [0.25, 0.3) is 0 Å². The van der Waals surface area contributed by atoms with E-state index in [1.165, 1.54) is 31.7 Å². The number of hydrogen-bond donors (Lipinski definition) is 1. The van der Waals surface area contributed by atoms with Gasteiger partial charge in [-0.2, -0.15) is 0 Å². The summed E-state index contributed by atoms with van der Waals surface area (Å²) in [6.45, 7) is 1.10. The summed E-state index contributed by atoms with van der Waals surface area (Å²) in [5, 5.41) is 3.55. The van der Waals surface area contributed by atoms with Crippen LogP contribution < -0.4 is 10.1 Å². The summed E-state index contributed by atoms with van der Waals surface area (Å²) in [4.78, 5) is 0. The van der Waals surface area contributed by atoms with Crippen molar-refractivity contribution in [2.24, 2.45) is 0 Å². The second kappa shape index (κ2) is 6.74. The van der Waals surface area contributed by atoms with Crippen LogP contribution in [0.2, 0.25) is 0 Å². The van der Waals surface area contributed by atoms with Crippen molar-refractivity contribution in [3.05, 3.63) is 29.6 Å². The Bertz CT molecular complexity index is 373. The first-order valence-corrected chi connectivity index (χ1v) is 6.86. The van der Waals surface area contributed by atoms with E-state index in [0.717, 1.165) is 19.4 Å². The van der Waals surface area contributed by atoms with E-state index in [2.05, 4.69) is 5.32 Å².